The highest BCUT2D eigenvalue weighted by Gasteiger charge is 2.02. The molecule has 0 saturated carbocycles. The predicted octanol–water partition coefficient (Wildman–Crippen LogP) is 1.54. The van der Waals surface area contributed by atoms with E-state index in [0.717, 1.165) is 6.08 Å². The number of carboxylic acid groups (broad SMARTS) is 1. The first-order valence-corrected chi connectivity index (χ1v) is 4.64. The van der Waals surface area contributed by atoms with Gasteiger partial charge in [0.05, 0.1) is 6.61 Å². The van der Waals surface area contributed by atoms with Crippen molar-refractivity contribution in [1.82, 2.24) is 0 Å². The summed E-state index contributed by atoms with van der Waals surface area (Å²) in [6.07, 6.45) is 5.51. The van der Waals surface area contributed by atoms with Gasteiger partial charge in [-0.2, -0.15) is 0 Å². The van der Waals surface area contributed by atoms with E-state index in [-0.39, 0.29) is 12.4 Å². The average molecular weight is 220 g/mol. The summed E-state index contributed by atoms with van der Waals surface area (Å²) >= 11 is 0. The molecule has 0 fully saturated rings. The molecule has 3 N–H and O–H groups in total. The normalized spacial score (nSPS) is 11.3. The van der Waals surface area contributed by atoms with Gasteiger partial charge in [-0.15, -0.1) is 0 Å². The zero-order chi connectivity index (χ0) is 12.0. The Morgan fingerprint density at radius 1 is 1.31 bits per heavy atom. The van der Waals surface area contributed by atoms with E-state index >= 15 is 0 Å². The van der Waals surface area contributed by atoms with E-state index in [1.165, 1.54) is 18.2 Å². The van der Waals surface area contributed by atoms with Gasteiger partial charge >= 0.3 is 5.97 Å². The van der Waals surface area contributed by atoms with Crippen molar-refractivity contribution in [2.45, 2.75) is 6.61 Å². The van der Waals surface area contributed by atoms with Crippen LogP contribution < -0.4 is 0 Å². The fourth-order valence-corrected chi connectivity index (χ4v) is 1.22. The Bertz CT molecular complexity index is 433. The fraction of sp³-hybridized carbons (Fsp3) is 0.0833. The lowest BCUT2D eigenvalue weighted by molar-refractivity contribution is -0.131. The number of hydrogen-bond donors (Lipinski definition) is 3. The molecular formula is C12H12O4. The monoisotopic (exact) mass is 220 g/mol. The number of rotatable bonds is 4. The van der Waals surface area contributed by atoms with Gasteiger partial charge in [-0.3, -0.25) is 0 Å². The maximum absolute atomic E-state index is 10.2. The van der Waals surface area contributed by atoms with Crippen LogP contribution >= 0.6 is 0 Å². The summed E-state index contributed by atoms with van der Waals surface area (Å²) < 4.78 is 0. The number of carboxylic acids is 1. The first-order chi connectivity index (χ1) is 7.65. The molecule has 0 amide bonds. The van der Waals surface area contributed by atoms with Crippen LogP contribution in [0.15, 0.2) is 36.4 Å². The molecule has 1 rings (SSSR count). The van der Waals surface area contributed by atoms with Crippen LogP contribution in [0, 0.1) is 0 Å². The van der Waals surface area contributed by atoms with Crippen molar-refractivity contribution in [2.24, 2.45) is 0 Å². The summed E-state index contributed by atoms with van der Waals surface area (Å²) in [6, 6.07) is 4.85. The first kappa shape index (κ1) is 12.0. The molecule has 0 aliphatic heterocycles. The molecule has 1 aromatic carbocycles. The third-order valence-corrected chi connectivity index (χ3v) is 1.97. The van der Waals surface area contributed by atoms with E-state index in [1.807, 2.05) is 0 Å². The standard InChI is InChI=1S/C12H12O4/c13-8-10-9(5-3-6-11(10)14)4-1-2-7-12(15)16/h1-7,13-14H,8H2,(H,15,16). The quantitative estimate of drug-likeness (QED) is 0.531. The summed E-state index contributed by atoms with van der Waals surface area (Å²) in [5.74, 6) is -1.00. The molecule has 0 spiro atoms. The number of phenols is 1. The van der Waals surface area contributed by atoms with Crippen molar-refractivity contribution >= 4 is 12.0 Å². The molecule has 0 saturated heterocycles. The van der Waals surface area contributed by atoms with Crippen LogP contribution in [0.1, 0.15) is 11.1 Å². The lowest BCUT2D eigenvalue weighted by atomic mass is 10.1. The average Bonchev–Trinajstić information content (AvgIpc) is 2.24. The molecular weight excluding hydrogens is 208 g/mol. The third-order valence-electron chi connectivity index (χ3n) is 1.97. The topological polar surface area (TPSA) is 77.8 Å². The van der Waals surface area contributed by atoms with Gasteiger partial charge in [0, 0.05) is 11.6 Å². The predicted molar refractivity (Wildman–Crippen MR) is 59.8 cm³/mol. The van der Waals surface area contributed by atoms with E-state index in [4.69, 9.17) is 10.2 Å². The van der Waals surface area contributed by atoms with Crippen LogP contribution in [0.4, 0.5) is 0 Å². The van der Waals surface area contributed by atoms with E-state index < -0.39 is 5.97 Å². The van der Waals surface area contributed by atoms with Gasteiger partial charge in [0.25, 0.3) is 0 Å². The van der Waals surface area contributed by atoms with Gasteiger partial charge in [-0.25, -0.2) is 4.79 Å². The van der Waals surface area contributed by atoms with E-state index in [1.54, 1.807) is 18.2 Å². The number of aliphatic hydroxyl groups is 1. The molecule has 1 aromatic rings. The van der Waals surface area contributed by atoms with Crippen molar-refractivity contribution in [1.29, 1.82) is 0 Å². The van der Waals surface area contributed by atoms with Gasteiger partial charge in [-0.1, -0.05) is 30.4 Å². The third kappa shape index (κ3) is 3.25. The number of hydrogen-bond acceptors (Lipinski definition) is 3. The number of aliphatic carboxylic acids is 1. The zero-order valence-electron chi connectivity index (χ0n) is 8.50. The number of aromatic hydroxyl groups is 1. The van der Waals surface area contributed by atoms with Crippen molar-refractivity contribution in [3.63, 3.8) is 0 Å². The molecule has 0 unspecified atom stereocenters. The second kappa shape index (κ2) is 5.72. The van der Waals surface area contributed by atoms with Crippen LogP contribution in [-0.2, 0) is 11.4 Å². The molecule has 84 valence electrons. The lowest BCUT2D eigenvalue weighted by Gasteiger charge is -2.04. The number of allylic oxidation sites excluding steroid dienone is 2. The Balaban J connectivity index is 2.88. The second-order valence-corrected chi connectivity index (χ2v) is 3.06. The number of aliphatic hydroxyl groups excluding tert-OH is 1. The van der Waals surface area contributed by atoms with E-state index in [9.17, 15) is 9.90 Å². The summed E-state index contributed by atoms with van der Waals surface area (Å²) in [5, 5.41) is 26.8. The molecule has 4 nitrogen and oxygen atoms in total. The Hall–Kier alpha value is -2.07. The Labute approximate surface area is 92.8 Å². The minimum Gasteiger partial charge on any atom is -0.508 e. The summed E-state index contributed by atoms with van der Waals surface area (Å²) in [4.78, 5) is 10.2. The molecule has 0 radical (unpaired) electrons. The van der Waals surface area contributed by atoms with Crippen molar-refractivity contribution in [2.75, 3.05) is 0 Å². The van der Waals surface area contributed by atoms with Crippen LogP contribution in [-0.4, -0.2) is 21.3 Å². The molecule has 0 heterocycles. The van der Waals surface area contributed by atoms with Gasteiger partial charge in [0.15, 0.2) is 0 Å². The molecule has 16 heavy (non-hydrogen) atoms. The number of carbonyl (C=O) groups is 1. The summed E-state index contributed by atoms with van der Waals surface area (Å²) in [7, 11) is 0. The minimum absolute atomic E-state index is 0.0202. The molecule has 0 aliphatic rings. The number of benzene rings is 1. The highest BCUT2D eigenvalue weighted by molar-refractivity contribution is 5.80. The van der Waals surface area contributed by atoms with Crippen LogP contribution in [0.2, 0.25) is 0 Å². The smallest absolute Gasteiger partial charge is 0.328 e. The second-order valence-electron chi connectivity index (χ2n) is 3.06. The lowest BCUT2D eigenvalue weighted by Crippen LogP contribution is -1.88. The molecule has 0 aliphatic carbocycles. The molecule has 4 heteroatoms. The SMILES string of the molecule is O=C(O)C=CC=Cc1cccc(O)c1CO. The van der Waals surface area contributed by atoms with E-state index in [2.05, 4.69) is 0 Å². The Kier molecular flexibility index (Phi) is 4.29. The molecule has 0 atom stereocenters. The van der Waals surface area contributed by atoms with Crippen molar-refractivity contribution in [3.8, 4) is 5.75 Å². The molecule has 0 aromatic heterocycles. The first-order valence-electron chi connectivity index (χ1n) is 4.64. The van der Waals surface area contributed by atoms with Crippen LogP contribution in [0.3, 0.4) is 0 Å². The van der Waals surface area contributed by atoms with Crippen molar-refractivity contribution < 1.29 is 20.1 Å². The van der Waals surface area contributed by atoms with E-state index in [0.29, 0.717) is 11.1 Å². The maximum atomic E-state index is 10.2. The largest absolute Gasteiger partial charge is 0.508 e. The van der Waals surface area contributed by atoms with Gasteiger partial charge < -0.3 is 15.3 Å². The molecule has 0 bridgehead atoms. The van der Waals surface area contributed by atoms with Crippen LogP contribution in [0.25, 0.3) is 6.08 Å². The van der Waals surface area contributed by atoms with Gasteiger partial charge in [0.1, 0.15) is 5.75 Å². The highest BCUT2D eigenvalue weighted by atomic mass is 16.4. The fourth-order valence-electron chi connectivity index (χ4n) is 1.22. The van der Waals surface area contributed by atoms with Crippen LogP contribution in [0.5, 0.6) is 5.75 Å². The highest BCUT2D eigenvalue weighted by Crippen LogP contribution is 2.21. The Morgan fingerprint density at radius 3 is 2.69 bits per heavy atom. The Morgan fingerprint density at radius 2 is 2.06 bits per heavy atom. The zero-order valence-corrected chi connectivity index (χ0v) is 8.50. The maximum Gasteiger partial charge on any atom is 0.328 e. The van der Waals surface area contributed by atoms with Gasteiger partial charge in [-0.05, 0) is 11.6 Å². The minimum atomic E-state index is -1.03. The van der Waals surface area contributed by atoms with Gasteiger partial charge in [0.2, 0.25) is 0 Å². The summed E-state index contributed by atoms with van der Waals surface area (Å²) in [6.45, 7) is -0.269. The summed E-state index contributed by atoms with van der Waals surface area (Å²) in [5.41, 5.74) is 1.07. The van der Waals surface area contributed by atoms with Crippen molar-refractivity contribution in [3.05, 3.63) is 47.6 Å².